The van der Waals surface area contributed by atoms with Crippen LogP contribution in [0.25, 0.3) is 21.8 Å². The number of hydrogen-bond donors (Lipinski definition) is 1. The van der Waals surface area contributed by atoms with Crippen molar-refractivity contribution in [3.05, 3.63) is 48.5 Å². The van der Waals surface area contributed by atoms with Crippen molar-refractivity contribution in [2.45, 2.75) is 13.2 Å². The standard InChI is InChI=1S/C14H13NO/c1-10(16)15-13-8-4-2-6-11(13)12-7-3-5-9-14(12)15/h2-10,16H,1H3/t10-/m1/s1. The fraction of sp³-hybridized carbons (Fsp3) is 0.143. The summed E-state index contributed by atoms with van der Waals surface area (Å²) in [7, 11) is 0. The van der Waals surface area contributed by atoms with E-state index < -0.39 is 6.23 Å². The predicted octanol–water partition coefficient (Wildman–Crippen LogP) is 3.31. The molecule has 0 amide bonds. The molecule has 0 aliphatic heterocycles. The van der Waals surface area contributed by atoms with Crippen molar-refractivity contribution in [3.8, 4) is 0 Å². The summed E-state index contributed by atoms with van der Waals surface area (Å²) >= 11 is 0. The molecule has 3 rings (SSSR count). The van der Waals surface area contributed by atoms with E-state index in [1.807, 2.05) is 41.0 Å². The van der Waals surface area contributed by atoms with Gasteiger partial charge in [0.15, 0.2) is 0 Å². The number of nitrogens with zero attached hydrogens (tertiary/aromatic N) is 1. The van der Waals surface area contributed by atoms with Crippen molar-refractivity contribution < 1.29 is 5.11 Å². The molecule has 1 aromatic heterocycles. The SMILES string of the molecule is C[C@@H](O)n1c2ccccc2c2ccccc21. The Hall–Kier alpha value is -1.80. The molecule has 1 heterocycles. The van der Waals surface area contributed by atoms with Gasteiger partial charge in [0.1, 0.15) is 6.23 Å². The second kappa shape index (κ2) is 3.35. The molecule has 1 atom stereocenters. The molecule has 2 nitrogen and oxygen atoms in total. The Morgan fingerprint density at radius 3 is 1.75 bits per heavy atom. The molecule has 0 unspecified atom stereocenters. The molecule has 0 radical (unpaired) electrons. The van der Waals surface area contributed by atoms with Crippen molar-refractivity contribution in [3.63, 3.8) is 0 Å². The van der Waals surface area contributed by atoms with E-state index in [9.17, 15) is 5.11 Å². The third-order valence-corrected chi connectivity index (χ3v) is 2.99. The van der Waals surface area contributed by atoms with Crippen molar-refractivity contribution in [1.82, 2.24) is 4.57 Å². The number of hydrogen-bond acceptors (Lipinski definition) is 1. The Balaban J connectivity index is 2.59. The lowest BCUT2D eigenvalue weighted by Gasteiger charge is -2.09. The Kier molecular flexibility index (Phi) is 1.98. The lowest BCUT2D eigenvalue weighted by atomic mass is 10.2. The lowest BCUT2D eigenvalue weighted by Crippen LogP contribution is -2.02. The van der Waals surface area contributed by atoms with Gasteiger partial charge >= 0.3 is 0 Å². The molecule has 2 heteroatoms. The second-order valence-corrected chi connectivity index (χ2v) is 4.04. The molecule has 0 spiro atoms. The van der Waals surface area contributed by atoms with Crippen LogP contribution < -0.4 is 0 Å². The minimum atomic E-state index is -0.509. The van der Waals surface area contributed by atoms with Crippen molar-refractivity contribution in [1.29, 1.82) is 0 Å². The highest BCUT2D eigenvalue weighted by Gasteiger charge is 2.11. The largest absolute Gasteiger partial charge is 0.374 e. The zero-order valence-corrected chi connectivity index (χ0v) is 9.09. The first-order valence-corrected chi connectivity index (χ1v) is 5.45. The first-order valence-electron chi connectivity index (χ1n) is 5.45. The van der Waals surface area contributed by atoms with Gasteiger partial charge in [-0.3, -0.25) is 0 Å². The highest BCUT2D eigenvalue weighted by atomic mass is 16.3. The summed E-state index contributed by atoms with van der Waals surface area (Å²) in [6.07, 6.45) is -0.509. The summed E-state index contributed by atoms with van der Waals surface area (Å²) in [5.74, 6) is 0. The summed E-state index contributed by atoms with van der Waals surface area (Å²) in [4.78, 5) is 0. The zero-order valence-electron chi connectivity index (χ0n) is 9.09. The van der Waals surface area contributed by atoms with E-state index in [1.165, 1.54) is 10.8 Å². The number of rotatable bonds is 1. The Morgan fingerprint density at radius 2 is 1.31 bits per heavy atom. The molecule has 0 aliphatic carbocycles. The number of aliphatic hydroxyl groups excluding tert-OH is 1. The molecule has 0 fully saturated rings. The van der Waals surface area contributed by atoms with E-state index in [2.05, 4.69) is 12.1 Å². The summed E-state index contributed by atoms with van der Waals surface area (Å²) in [5, 5.41) is 12.3. The summed E-state index contributed by atoms with van der Waals surface area (Å²) in [6.45, 7) is 1.79. The van der Waals surface area contributed by atoms with E-state index >= 15 is 0 Å². The van der Waals surface area contributed by atoms with E-state index in [-0.39, 0.29) is 0 Å². The monoisotopic (exact) mass is 211 g/mol. The van der Waals surface area contributed by atoms with Crippen LogP contribution in [0.3, 0.4) is 0 Å². The average Bonchev–Trinajstić information content (AvgIpc) is 2.63. The van der Waals surface area contributed by atoms with E-state index in [0.717, 1.165) is 11.0 Å². The summed E-state index contributed by atoms with van der Waals surface area (Å²) in [6, 6.07) is 16.3. The fourth-order valence-electron chi connectivity index (χ4n) is 2.36. The molecule has 80 valence electrons. The number of aromatic nitrogens is 1. The van der Waals surface area contributed by atoms with Gasteiger partial charge in [-0.1, -0.05) is 36.4 Å². The minimum Gasteiger partial charge on any atom is -0.374 e. The Bertz CT molecular complexity index is 599. The van der Waals surface area contributed by atoms with E-state index in [4.69, 9.17) is 0 Å². The van der Waals surface area contributed by atoms with Crippen LogP contribution in [0.15, 0.2) is 48.5 Å². The third-order valence-electron chi connectivity index (χ3n) is 2.99. The fourth-order valence-corrected chi connectivity index (χ4v) is 2.36. The number of aliphatic hydroxyl groups is 1. The van der Waals surface area contributed by atoms with Gasteiger partial charge in [0.2, 0.25) is 0 Å². The van der Waals surface area contributed by atoms with Crippen LogP contribution in [0.2, 0.25) is 0 Å². The van der Waals surface area contributed by atoms with Gasteiger partial charge < -0.3 is 9.67 Å². The number of para-hydroxylation sites is 2. The molecule has 0 saturated carbocycles. The van der Waals surface area contributed by atoms with Crippen molar-refractivity contribution in [2.24, 2.45) is 0 Å². The number of fused-ring (bicyclic) bond motifs is 3. The van der Waals surface area contributed by atoms with Crippen molar-refractivity contribution in [2.75, 3.05) is 0 Å². The van der Waals surface area contributed by atoms with Crippen molar-refractivity contribution >= 4 is 21.8 Å². The first kappa shape index (κ1) is 9.43. The molecule has 3 aromatic rings. The quantitative estimate of drug-likeness (QED) is 0.656. The van der Waals surface area contributed by atoms with E-state index in [1.54, 1.807) is 6.92 Å². The molecule has 1 N–H and O–H groups in total. The third kappa shape index (κ3) is 1.17. The van der Waals surface area contributed by atoms with Crippen LogP contribution in [0.5, 0.6) is 0 Å². The van der Waals surface area contributed by atoms with Crippen LogP contribution in [0, 0.1) is 0 Å². The maximum Gasteiger partial charge on any atom is 0.128 e. The molecule has 0 bridgehead atoms. The zero-order chi connectivity index (χ0) is 11.1. The second-order valence-electron chi connectivity index (χ2n) is 4.04. The lowest BCUT2D eigenvalue weighted by molar-refractivity contribution is 0.134. The minimum absolute atomic E-state index is 0.509. The summed E-state index contributed by atoms with van der Waals surface area (Å²) in [5.41, 5.74) is 2.16. The van der Waals surface area contributed by atoms with Gasteiger partial charge in [-0.15, -0.1) is 0 Å². The molecule has 2 aromatic carbocycles. The van der Waals surface area contributed by atoms with Crippen LogP contribution in [0.4, 0.5) is 0 Å². The smallest absolute Gasteiger partial charge is 0.128 e. The van der Waals surface area contributed by atoms with Gasteiger partial charge in [-0.25, -0.2) is 0 Å². The van der Waals surface area contributed by atoms with Crippen LogP contribution in [-0.2, 0) is 0 Å². The Morgan fingerprint density at radius 1 is 0.875 bits per heavy atom. The van der Waals surface area contributed by atoms with Gasteiger partial charge in [0.05, 0.1) is 11.0 Å². The van der Waals surface area contributed by atoms with Crippen LogP contribution in [-0.4, -0.2) is 9.67 Å². The molecular weight excluding hydrogens is 198 g/mol. The highest BCUT2D eigenvalue weighted by Crippen LogP contribution is 2.30. The van der Waals surface area contributed by atoms with Gasteiger partial charge in [0.25, 0.3) is 0 Å². The molecule has 0 aliphatic rings. The van der Waals surface area contributed by atoms with Gasteiger partial charge in [0, 0.05) is 10.8 Å². The molecule has 0 saturated heterocycles. The normalized spacial score (nSPS) is 13.4. The first-order chi connectivity index (χ1) is 7.79. The topological polar surface area (TPSA) is 25.2 Å². The molecular formula is C14H13NO. The van der Waals surface area contributed by atoms with Crippen LogP contribution in [0.1, 0.15) is 13.2 Å². The van der Waals surface area contributed by atoms with E-state index in [0.29, 0.717) is 0 Å². The molecule has 16 heavy (non-hydrogen) atoms. The number of benzene rings is 2. The van der Waals surface area contributed by atoms with Gasteiger partial charge in [-0.2, -0.15) is 0 Å². The van der Waals surface area contributed by atoms with Crippen LogP contribution >= 0.6 is 0 Å². The predicted molar refractivity (Wildman–Crippen MR) is 66.4 cm³/mol. The maximum absolute atomic E-state index is 9.87. The average molecular weight is 211 g/mol. The highest BCUT2D eigenvalue weighted by molar-refractivity contribution is 6.08. The Labute approximate surface area is 93.7 Å². The summed E-state index contributed by atoms with van der Waals surface area (Å²) < 4.78 is 1.96. The van der Waals surface area contributed by atoms with Gasteiger partial charge in [-0.05, 0) is 19.1 Å². The maximum atomic E-state index is 9.87.